The van der Waals surface area contributed by atoms with Gasteiger partial charge in [-0.05, 0) is 42.5 Å². The van der Waals surface area contributed by atoms with Crippen molar-refractivity contribution in [2.45, 2.75) is 32.2 Å². The zero-order chi connectivity index (χ0) is 17.2. The highest BCUT2D eigenvalue weighted by Gasteiger charge is 2.35. The van der Waals surface area contributed by atoms with Crippen LogP contribution in [0.2, 0.25) is 0 Å². The average molecular weight is 338 g/mol. The van der Waals surface area contributed by atoms with Crippen molar-refractivity contribution in [1.82, 2.24) is 14.9 Å². The van der Waals surface area contributed by atoms with Crippen LogP contribution in [0.1, 0.15) is 24.0 Å². The van der Waals surface area contributed by atoms with Crippen LogP contribution in [0.4, 0.5) is 5.69 Å². The second-order valence-electron chi connectivity index (χ2n) is 6.80. The molecule has 1 aromatic carbocycles. The van der Waals surface area contributed by atoms with E-state index < -0.39 is 0 Å². The number of carbonyl (C=O) groups excluding carboxylic acids is 2. The Morgan fingerprint density at radius 1 is 1.28 bits per heavy atom. The van der Waals surface area contributed by atoms with Crippen LogP contribution in [0, 0.1) is 5.92 Å². The topological polar surface area (TPSA) is 67.2 Å². The number of imidazole rings is 1. The van der Waals surface area contributed by atoms with E-state index in [9.17, 15) is 9.59 Å². The summed E-state index contributed by atoms with van der Waals surface area (Å²) in [4.78, 5) is 30.5. The summed E-state index contributed by atoms with van der Waals surface area (Å²) in [7, 11) is 0. The van der Waals surface area contributed by atoms with E-state index >= 15 is 0 Å². The Hall–Kier alpha value is -2.63. The van der Waals surface area contributed by atoms with E-state index in [0.717, 1.165) is 18.5 Å². The minimum atomic E-state index is -0.274. The number of nitrogens with zero attached hydrogens (tertiary/aromatic N) is 3. The minimum absolute atomic E-state index is 0.0349. The molecule has 1 atom stereocenters. The number of hydrogen-bond donors (Lipinski definition) is 1. The van der Waals surface area contributed by atoms with Crippen molar-refractivity contribution >= 4 is 17.5 Å². The molecular weight excluding hydrogens is 316 g/mol. The highest BCUT2D eigenvalue weighted by Crippen LogP contribution is 2.30. The molecule has 1 N–H and O–H groups in total. The fourth-order valence-electron chi connectivity index (χ4n) is 3.73. The number of aromatic nitrogens is 2. The Labute approximate surface area is 146 Å². The second-order valence-corrected chi connectivity index (χ2v) is 6.80. The summed E-state index contributed by atoms with van der Waals surface area (Å²) < 4.78 is 1.91. The molecule has 130 valence electrons. The number of rotatable bonds is 5. The first-order chi connectivity index (χ1) is 12.2. The minimum Gasteiger partial charge on any atom is -0.354 e. The number of amides is 2. The Balaban J connectivity index is 1.35. The van der Waals surface area contributed by atoms with E-state index in [4.69, 9.17) is 0 Å². The van der Waals surface area contributed by atoms with Crippen LogP contribution < -0.4 is 10.2 Å². The van der Waals surface area contributed by atoms with Gasteiger partial charge in [-0.1, -0.05) is 6.07 Å². The molecule has 25 heavy (non-hydrogen) atoms. The lowest BCUT2D eigenvalue weighted by molar-refractivity contribution is -0.126. The number of aryl methyl sites for hydroxylation is 2. The number of nitrogens with one attached hydrogen (secondary N) is 1. The van der Waals surface area contributed by atoms with Crippen molar-refractivity contribution in [1.29, 1.82) is 0 Å². The van der Waals surface area contributed by atoms with Gasteiger partial charge in [0.2, 0.25) is 11.8 Å². The third-order valence-electron chi connectivity index (χ3n) is 5.12. The van der Waals surface area contributed by atoms with Gasteiger partial charge in [0.15, 0.2) is 0 Å². The first kappa shape index (κ1) is 15.9. The lowest BCUT2D eigenvalue weighted by Crippen LogP contribution is -2.34. The normalized spacial score (nSPS) is 19.3. The summed E-state index contributed by atoms with van der Waals surface area (Å²) in [6, 6.07) is 6.27. The maximum Gasteiger partial charge on any atom is 0.227 e. The molecule has 2 amide bonds. The van der Waals surface area contributed by atoms with Crippen LogP contribution in [-0.2, 0) is 29.0 Å². The molecule has 6 heteroatoms. The van der Waals surface area contributed by atoms with Crippen molar-refractivity contribution in [3.05, 3.63) is 48.0 Å². The summed E-state index contributed by atoms with van der Waals surface area (Å²) in [5.74, 6) is -0.284. The maximum absolute atomic E-state index is 12.4. The molecule has 2 heterocycles. The van der Waals surface area contributed by atoms with Gasteiger partial charge in [0.25, 0.3) is 0 Å². The Morgan fingerprint density at radius 3 is 3.00 bits per heavy atom. The molecule has 6 nitrogen and oxygen atoms in total. The Morgan fingerprint density at radius 2 is 2.16 bits per heavy atom. The Bertz CT molecular complexity index is 785. The Kier molecular flexibility index (Phi) is 4.26. The van der Waals surface area contributed by atoms with Gasteiger partial charge in [0.05, 0.1) is 12.2 Å². The van der Waals surface area contributed by atoms with Gasteiger partial charge in [0, 0.05) is 44.1 Å². The smallest absolute Gasteiger partial charge is 0.227 e. The first-order valence-corrected chi connectivity index (χ1v) is 8.86. The molecule has 1 aliphatic heterocycles. The molecule has 0 unspecified atom stereocenters. The summed E-state index contributed by atoms with van der Waals surface area (Å²) >= 11 is 0. The van der Waals surface area contributed by atoms with E-state index in [2.05, 4.69) is 22.4 Å². The van der Waals surface area contributed by atoms with E-state index in [-0.39, 0.29) is 24.2 Å². The van der Waals surface area contributed by atoms with Gasteiger partial charge in [-0.2, -0.15) is 0 Å². The predicted octanol–water partition coefficient (Wildman–Crippen LogP) is 1.54. The molecule has 1 fully saturated rings. The fourth-order valence-corrected chi connectivity index (χ4v) is 3.73. The third kappa shape index (κ3) is 3.29. The molecule has 0 radical (unpaired) electrons. The molecule has 1 saturated heterocycles. The fraction of sp³-hybridized carbons (Fsp3) is 0.421. The van der Waals surface area contributed by atoms with Crippen molar-refractivity contribution in [3.63, 3.8) is 0 Å². The maximum atomic E-state index is 12.4. The SMILES string of the molecule is O=C(NCCn1ccnc1)[C@@H]1CC(=O)N(c2ccc3c(c2)CCC3)C1. The summed E-state index contributed by atoms with van der Waals surface area (Å²) in [6.45, 7) is 1.69. The molecular formula is C19H22N4O2. The third-order valence-corrected chi connectivity index (χ3v) is 5.12. The van der Waals surface area contributed by atoms with Crippen LogP contribution in [0.3, 0.4) is 0 Å². The number of fused-ring (bicyclic) bond motifs is 1. The summed E-state index contributed by atoms with van der Waals surface area (Å²) in [6.07, 6.45) is 8.99. The van der Waals surface area contributed by atoms with E-state index in [1.54, 1.807) is 17.4 Å². The van der Waals surface area contributed by atoms with Crippen LogP contribution in [0.15, 0.2) is 36.9 Å². The van der Waals surface area contributed by atoms with Crippen molar-refractivity contribution in [3.8, 4) is 0 Å². The van der Waals surface area contributed by atoms with Gasteiger partial charge in [-0.3, -0.25) is 9.59 Å². The van der Waals surface area contributed by atoms with Crippen LogP contribution in [0.25, 0.3) is 0 Å². The lowest BCUT2D eigenvalue weighted by Gasteiger charge is -2.18. The number of carbonyl (C=O) groups is 2. The zero-order valence-electron chi connectivity index (χ0n) is 14.1. The predicted molar refractivity (Wildman–Crippen MR) is 94.2 cm³/mol. The van der Waals surface area contributed by atoms with Crippen LogP contribution >= 0.6 is 0 Å². The van der Waals surface area contributed by atoms with Crippen LogP contribution in [0.5, 0.6) is 0 Å². The van der Waals surface area contributed by atoms with E-state index in [1.807, 2.05) is 16.8 Å². The van der Waals surface area contributed by atoms with Gasteiger partial charge in [-0.15, -0.1) is 0 Å². The quantitative estimate of drug-likeness (QED) is 0.899. The zero-order valence-corrected chi connectivity index (χ0v) is 14.1. The first-order valence-electron chi connectivity index (χ1n) is 8.86. The number of anilines is 1. The highest BCUT2D eigenvalue weighted by atomic mass is 16.2. The van der Waals surface area contributed by atoms with Gasteiger partial charge in [0.1, 0.15) is 0 Å². The highest BCUT2D eigenvalue weighted by molar-refractivity contribution is 6.00. The van der Waals surface area contributed by atoms with Crippen molar-refractivity contribution in [2.24, 2.45) is 5.92 Å². The average Bonchev–Trinajstić information content (AvgIpc) is 3.34. The number of hydrogen-bond acceptors (Lipinski definition) is 3. The molecule has 0 spiro atoms. The van der Waals surface area contributed by atoms with Crippen molar-refractivity contribution < 1.29 is 9.59 Å². The molecule has 1 aliphatic carbocycles. The summed E-state index contributed by atoms with van der Waals surface area (Å²) in [5.41, 5.74) is 3.67. The van der Waals surface area contributed by atoms with Gasteiger partial charge in [-0.25, -0.2) is 4.98 Å². The van der Waals surface area contributed by atoms with Crippen molar-refractivity contribution in [2.75, 3.05) is 18.0 Å². The molecule has 2 aromatic rings. The monoisotopic (exact) mass is 338 g/mol. The molecule has 0 saturated carbocycles. The largest absolute Gasteiger partial charge is 0.354 e. The standard InChI is InChI=1S/C19H22N4O2/c24-18-11-16(19(25)21-7-9-22-8-6-20-13-22)12-23(18)17-5-4-14-2-1-3-15(14)10-17/h4-6,8,10,13,16H,1-3,7,9,11-12H2,(H,21,25)/t16-/m1/s1. The van der Waals surface area contributed by atoms with Crippen LogP contribution in [-0.4, -0.2) is 34.5 Å². The molecule has 2 aliphatic rings. The second kappa shape index (κ2) is 6.70. The molecule has 0 bridgehead atoms. The summed E-state index contributed by atoms with van der Waals surface area (Å²) in [5, 5.41) is 2.93. The van der Waals surface area contributed by atoms with E-state index in [0.29, 0.717) is 19.6 Å². The molecule has 4 rings (SSSR count). The van der Waals surface area contributed by atoms with Gasteiger partial charge < -0.3 is 14.8 Å². The molecule has 1 aromatic heterocycles. The van der Waals surface area contributed by atoms with Gasteiger partial charge >= 0.3 is 0 Å². The number of benzene rings is 1. The van der Waals surface area contributed by atoms with E-state index in [1.165, 1.54) is 17.5 Å². The lowest BCUT2D eigenvalue weighted by atomic mass is 10.1.